The van der Waals surface area contributed by atoms with Gasteiger partial charge in [-0.3, -0.25) is 0 Å². The van der Waals surface area contributed by atoms with E-state index in [2.05, 4.69) is 22.4 Å². The fourth-order valence-corrected chi connectivity index (χ4v) is 3.31. The Morgan fingerprint density at radius 2 is 2.06 bits per heavy atom. The van der Waals surface area contributed by atoms with Gasteiger partial charge in [0.05, 0.1) is 5.92 Å². The normalized spacial score (nSPS) is 33.5. The van der Waals surface area contributed by atoms with Crippen molar-refractivity contribution in [1.82, 2.24) is 15.5 Å². The first-order valence-corrected chi connectivity index (χ1v) is 7.37. The highest BCUT2D eigenvalue weighted by atomic mass is 16.5. The lowest BCUT2D eigenvalue weighted by atomic mass is 9.82. The quantitative estimate of drug-likeness (QED) is 0.875. The Morgan fingerprint density at radius 3 is 2.83 bits per heavy atom. The second-order valence-electron chi connectivity index (χ2n) is 6.00. The summed E-state index contributed by atoms with van der Waals surface area (Å²) in [5, 5.41) is 7.64. The van der Waals surface area contributed by atoms with E-state index >= 15 is 0 Å². The zero-order chi connectivity index (χ0) is 12.4. The van der Waals surface area contributed by atoms with E-state index in [1.54, 1.807) is 0 Å². The summed E-state index contributed by atoms with van der Waals surface area (Å²) in [6, 6.07) is 0. The van der Waals surface area contributed by atoms with Gasteiger partial charge >= 0.3 is 0 Å². The van der Waals surface area contributed by atoms with Crippen LogP contribution in [0.4, 0.5) is 0 Å². The molecule has 1 saturated carbocycles. The molecule has 2 heterocycles. The van der Waals surface area contributed by atoms with E-state index in [0.29, 0.717) is 11.8 Å². The zero-order valence-corrected chi connectivity index (χ0v) is 11.2. The maximum atomic E-state index is 5.49. The lowest BCUT2D eigenvalue weighted by Gasteiger charge is -2.24. The maximum absolute atomic E-state index is 5.49. The fraction of sp³-hybridized carbons (Fsp3) is 0.857. The van der Waals surface area contributed by atoms with Crippen LogP contribution in [0.2, 0.25) is 0 Å². The third-order valence-corrected chi connectivity index (χ3v) is 4.41. The Hall–Kier alpha value is -0.900. The van der Waals surface area contributed by atoms with Crippen LogP contribution in [0.15, 0.2) is 4.52 Å². The lowest BCUT2D eigenvalue weighted by Crippen LogP contribution is -2.28. The van der Waals surface area contributed by atoms with Gasteiger partial charge in [0.1, 0.15) is 0 Å². The van der Waals surface area contributed by atoms with Crippen molar-refractivity contribution >= 4 is 0 Å². The predicted octanol–water partition coefficient (Wildman–Crippen LogP) is 2.83. The van der Waals surface area contributed by atoms with E-state index in [4.69, 9.17) is 4.52 Å². The van der Waals surface area contributed by atoms with Gasteiger partial charge in [0.15, 0.2) is 5.82 Å². The molecule has 1 aliphatic carbocycles. The van der Waals surface area contributed by atoms with Gasteiger partial charge in [-0.1, -0.05) is 24.9 Å². The first-order valence-electron chi connectivity index (χ1n) is 7.37. The summed E-state index contributed by atoms with van der Waals surface area (Å²) >= 11 is 0. The maximum Gasteiger partial charge on any atom is 0.231 e. The van der Waals surface area contributed by atoms with Gasteiger partial charge in [-0.05, 0) is 38.1 Å². The summed E-state index contributed by atoms with van der Waals surface area (Å²) in [4.78, 5) is 4.67. The molecule has 0 aromatic carbocycles. The van der Waals surface area contributed by atoms with Crippen molar-refractivity contribution < 1.29 is 4.52 Å². The monoisotopic (exact) mass is 249 g/mol. The number of hydrogen-bond donors (Lipinski definition) is 1. The molecule has 3 atom stereocenters. The van der Waals surface area contributed by atoms with E-state index in [1.807, 2.05) is 0 Å². The Bertz CT molecular complexity index is 384. The van der Waals surface area contributed by atoms with Crippen LogP contribution in [0.3, 0.4) is 0 Å². The standard InChI is InChI=1S/C14H23N3O/c1-10-4-2-5-11(8-10)13-16-14(18-17-13)12-6-3-7-15-9-12/h10-12,15H,2-9H2,1H3/t10?,11?,12-/m1/s1. The fourth-order valence-electron chi connectivity index (χ4n) is 3.31. The van der Waals surface area contributed by atoms with E-state index in [0.717, 1.165) is 30.7 Å². The van der Waals surface area contributed by atoms with E-state index in [1.165, 1.54) is 38.5 Å². The third kappa shape index (κ3) is 2.58. The van der Waals surface area contributed by atoms with Crippen molar-refractivity contribution in [2.24, 2.45) is 5.92 Å². The number of rotatable bonds is 2. The second-order valence-corrected chi connectivity index (χ2v) is 6.00. The molecule has 2 aliphatic rings. The lowest BCUT2D eigenvalue weighted by molar-refractivity contribution is 0.305. The Balaban J connectivity index is 1.68. The molecule has 2 fully saturated rings. The molecule has 0 amide bonds. The highest BCUT2D eigenvalue weighted by Crippen LogP contribution is 2.35. The van der Waals surface area contributed by atoms with Gasteiger partial charge in [0.25, 0.3) is 0 Å². The summed E-state index contributed by atoms with van der Waals surface area (Å²) in [5.41, 5.74) is 0. The molecule has 18 heavy (non-hydrogen) atoms. The largest absolute Gasteiger partial charge is 0.339 e. The average Bonchev–Trinajstić information content (AvgIpc) is 2.89. The van der Waals surface area contributed by atoms with Gasteiger partial charge < -0.3 is 9.84 Å². The molecule has 1 N–H and O–H groups in total. The van der Waals surface area contributed by atoms with Gasteiger partial charge in [0.2, 0.25) is 5.89 Å². The minimum absolute atomic E-state index is 0.431. The van der Waals surface area contributed by atoms with Crippen molar-refractivity contribution in [3.8, 4) is 0 Å². The summed E-state index contributed by atoms with van der Waals surface area (Å²) < 4.78 is 5.49. The predicted molar refractivity (Wildman–Crippen MR) is 69.5 cm³/mol. The van der Waals surface area contributed by atoms with Crippen molar-refractivity contribution in [2.75, 3.05) is 13.1 Å². The smallest absolute Gasteiger partial charge is 0.231 e. The van der Waals surface area contributed by atoms with Crippen LogP contribution in [-0.2, 0) is 0 Å². The Morgan fingerprint density at radius 1 is 1.17 bits per heavy atom. The van der Waals surface area contributed by atoms with E-state index in [-0.39, 0.29) is 0 Å². The first kappa shape index (κ1) is 12.2. The van der Waals surface area contributed by atoms with Gasteiger partial charge in [-0.25, -0.2) is 0 Å². The number of hydrogen-bond acceptors (Lipinski definition) is 4. The van der Waals surface area contributed by atoms with Crippen LogP contribution in [0, 0.1) is 5.92 Å². The molecular formula is C14H23N3O. The molecule has 4 nitrogen and oxygen atoms in total. The van der Waals surface area contributed by atoms with Crippen LogP contribution >= 0.6 is 0 Å². The summed E-state index contributed by atoms with van der Waals surface area (Å²) in [6.45, 7) is 4.44. The molecule has 100 valence electrons. The van der Waals surface area contributed by atoms with Crippen LogP contribution < -0.4 is 5.32 Å². The third-order valence-electron chi connectivity index (χ3n) is 4.41. The van der Waals surface area contributed by atoms with Crippen LogP contribution in [0.1, 0.15) is 69.0 Å². The minimum atomic E-state index is 0.431. The molecule has 3 rings (SSSR count). The van der Waals surface area contributed by atoms with Crippen molar-refractivity contribution in [2.45, 2.75) is 57.3 Å². The molecule has 4 heteroatoms. The highest BCUT2D eigenvalue weighted by molar-refractivity contribution is 5.02. The Labute approximate surface area is 109 Å². The number of nitrogens with zero attached hydrogens (tertiary/aromatic N) is 2. The topological polar surface area (TPSA) is 51.0 Å². The molecule has 2 unspecified atom stereocenters. The van der Waals surface area contributed by atoms with E-state index in [9.17, 15) is 0 Å². The molecular weight excluding hydrogens is 226 g/mol. The SMILES string of the molecule is CC1CCCC(c2noc([C@@H]3CCCNC3)n2)C1. The molecule has 1 aromatic rings. The van der Waals surface area contributed by atoms with Gasteiger partial charge in [-0.2, -0.15) is 4.98 Å². The summed E-state index contributed by atoms with van der Waals surface area (Å²) in [7, 11) is 0. The van der Waals surface area contributed by atoms with Gasteiger partial charge in [-0.15, -0.1) is 0 Å². The van der Waals surface area contributed by atoms with E-state index < -0.39 is 0 Å². The number of piperidine rings is 1. The average molecular weight is 249 g/mol. The molecule has 1 aromatic heterocycles. The molecule has 1 saturated heterocycles. The van der Waals surface area contributed by atoms with Crippen molar-refractivity contribution in [3.05, 3.63) is 11.7 Å². The van der Waals surface area contributed by atoms with Crippen molar-refractivity contribution in [1.29, 1.82) is 0 Å². The van der Waals surface area contributed by atoms with Crippen LogP contribution in [0.5, 0.6) is 0 Å². The number of nitrogens with one attached hydrogen (secondary N) is 1. The molecule has 0 radical (unpaired) electrons. The highest BCUT2D eigenvalue weighted by Gasteiger charge is 2.27. The second kappa shape index (κ2) is 5.39. The Kier molecular flexibility index (Phi) is 3.64. The number of aromatic nitrogens is 2. The summed E-state index contributed by atoms with van der Waals surface area (Å²) in [6.07, 6.45) is 7.50. The van der Waals surface area contributed by atoms with Crippen molar-refractivity contribution in [3.63, 3.8) is 0 Å². The van der Waals surface area contributed by atoms with Crippen LogP contribution in [-0.4, -0.2) is 23.2 Å². The van der Waals surface area contributed by atoms with Crippen LogP contribution in [0.25, 0.3) is 0 Å². The molecule has 0 bridgehead atoms. The van der Waals surface area contributed by atoms with Gasteiger partial charge in [0, 0.05) is 12.5 Å². The molecule has 0 spiro atoms. The zero-order valence-electron chi connectivity index (χ0n) is 11.2. The molecule has 1 aliphatic heterocycles. The first-order chi connectivity index (χ1) is 8.83. The summed E-state index contributed by atoms with van der Waals surface area (Å²) in [5.74, 6) is 3.59. The minimum Gasteiger partial charge on any atom is -0.339 e.